The minimum Gasteiger partial charge on any atom is -0.507 e. The van der Waals surface area contributed by atoms with Crippen molar-refractivity contribution in [3.63, 3.8) is 0 Å². The van der Waals surface area contributed by atoms with Crippen molar-refractivity contribution in [2.45, 2.75) is 51.4 Å². The Hall–Kier alpha value is -1.51. The van der Waals surface area contributed by atoms with Gasteiger partial charge in [-0.2, -0.15) is 0 Å². The summed E-state index contributed by atoms with van der Waals surface area (Å²) in [5.41, 5.74) is 8.02. The van der Waals surface area contributed by atoms with Crippen LogP contribution in [0, 0.1) is 6.92 Å². The molecule has 0 bridgehead atoms. The van der Waals surface area contributed by atoms with E-state index in [2.05, 4.69) is 0 Å². The lowest BCUT2D eigenvalue weighted by molar-refractivity contribution is -0.117. The second-order valence-corrected chi connectivity index (χ2v) is 5.28. The molecule has 1 amide bonds. The van der Waals surface area contributed by atoms with Gasteiger partial charge < -0.3 is 10.8 Å². The summed E-state index contributed by atoms with van der Waals surface area (Å²) in [6.07, 6.45) is 6.12. The van der Waals surface area contributed by atoms with Crippen LogP contribution in [0.2, 0.25) is 0 Å². The summed E-state index contributed by atoms with van der Waals surface area (Å²) in [4.78, 5) is 11.0. The molecule has 1 fully saturated rings. The highest BCUT2D eigenvalue weighted by molar-refractivity contribution is 5.77. The van der Waals surface area contributed by atoms with E-state index >= 15 is 0 Å². The fraction of sp³-hybridized carbons (Fsp3) is 0.533. The van der Waals surface area contributed by atoms with Gasteiger partial charge in [0.1, 0.15) is 5.75 Å². The molecule has 1 aromatic rings. The zero-order chi connectivity index (χ0) is 13.1. The molecular weight excluding hydrogens is 226 g/mol. The van der Waals surface area contributed by atoms with Gasteiger partial charge in [-0.1, -0.05) is 31.4 Å². The molecule has 3 N–H and O–H groups in total. The van der Waals surface area contributed by atoms with Crippen molar-refractivity contribution in [2.24, 2.45) is 5.73 Å². The fourth-order valence-electron chi connectivity index (χ4n) is 2.99. The molecule has 1 aromatic carbocycles. The smallest absolute Gasteiger partial charge is 0.221 e. The van der Waals surface area contributed by atoms with E-state index in [4.69, 9.17) is 5.73 Å². The van der Waals surface area contributed by atoms with Crippen molar-refractivity contribution in [2.75, 3.05) is 0 Å². The Morgan fingerprint density at radius 2 is 2.00 bits per heavy atom. The predicted molar refractivity (Wildman–Crippen MR) is 71.6 cm³/mol. The average molecular weight is 247 g/mol. The third-order valence-corrected chi connectivity index (χ3v) is 3.90. The quantitative estimate of drug-likeness (QED) is 0.862. The molecule has 1 aliphatic carbocycles. The third kappa shape index (κ3) is 2.66. The van der Waals surface area contributed by atoms with Crippen LogP contribution < -0.4 is 5.73 Å². The Balaban J connectivity index is 2.35. The molecule has 18 heavy (non-hydrogen) atoms. The summed E-state index contributed by atoms with van der Waals surface area (Å²) in [6.45, 7) is 2.03. The largest absolute Gasteiger partial charge is 0.507 e. The van der Waals surface area contributed by atoms with Gasteiger partial charge in [0.05, 0.1) is 6.42 Å². The van der Waals surface area contributed by atoms with Gasteiger partial charge >= 0.3 is 0 Å². The SMILES string of the molecule is Cc1ccc(CC(N)=O)c(O)c1C1CCCCC1. The van der Waals surface area contributed by atoms with E-state index in [1.165, 1.54) is 19.3 Å². The van der Waals surface area contributed by atoms with Gasteiger partial charge in [0.15, 0.2) is 0 Å². The number of hydrogen-bond donors (Lipinski definition) is 2. The molecule has 0 atom stereocenters. The predicted octanol–water partition coefficient (Wildman–Crippen LogP) is 2.78. The number of benzene rings is 1. The van der Waals surface area contributed by atoms with Crippen LogP contribution in [-0.4, -0.2) is 11.0 Å². The van der Waals surface area contributed by atoms with Crippen molar-refractivity contribution in [3.05, 3.63) is 28.8 Å². The fourth-order valence-corrected chi connectivity index (χ4v) is 2.99. The number of hydrogen-bond acceptors (Lipinski definition) is 2. The first kappa shape index (κ1) is 12.9. The zero-order valence-corrected chi connectivity index (χ0v) is 10.9. The van der Waals surface area contributed by atoms with Gasteiger partial charge in [-0.15, -0.1) is 0 Å². The first-order valence-electron chi connectivity index (χ1n) is 6.69. The number of rotatable bonds is 3. The van der Waals surface area contributed by atoms with Crippen molar-refractivity contribution in [1.29, 1.82) is 0 Å². The maximum Gasteiger partial charge on any atom is 0.221 e. The molecule has 1 aliphatic rings. The molecule has 3 heteroatoms. The van der Waals surface area contributed by atoms with Crippen LogP contribution in [-0.2, 0) is 11.2 Å². The first-order valence-corrected chi connectivity index (χ1v) is 6.69. The van der Waals surface area contributed by atoms with Crippen molar-refractivity contribution in [3.8, 4) is 5.75 Å². The molecule has 0 heterocycles. The number of carbonyl (C=O) groups excluding carboxylic acids is 1. The lowest BCUT2D eigenvalue weighted by Gasteiger charge is -2.25. The highest BCUT2D eigenvalue weighted by atomic mass is 16.3. The number of phenols is 1. The first-order chi connectivity index (χ1) is 8.59. The normalized spacial score (nSPS) is 16.7. The Bertz CT molecular complexity index is 448. The zero-order valence-electron chi connectivity index (χ0n) is 10.9. The Morgan fingerprint density at radius 3 is 2.61 bits per heavy atom. The van der Waals surface area contributed by atoms with E-state index in [0.29, 0.717) is 17.2 Å². The number of phenolic OH excluding ortho intramolecular Hbond substituents is 1. The van der Waals surface area contributed by atoms with Gasteiger partial charge in [-0.05, 0) is 31.2 Å². The standard InChI is InChI=1S/C15H21NO2/c1-10-7-8-12(9-13(16)17)15(18)14(10)11-5-3-2-4-6-11/h7-8,11,18H,2-6,9H2,1H3,(H2,16,17). The number of aromatic hydroxyl groups is 1. The number of nitrogens with two attached hydrogens (primary N) is 1. The molecule has 1 saturated carbocycles. The van der Waals surface area contributed by atoms with Crippen LogP contribution in [0.25, 0.3) is 0 Å². The molecule has 0 radical (unpaired) electrons. The summed E-state index contributed by atoms with van der Waals surface area (Å²) in [5, 5.41) is 10.4. The number of carbonyl (C=O) groups is 1. The molecule has 3 nitrogen and oxygen atoms in total. The summed E-state index contributed by atoms with van der Waals surface area (Å²) in [7, 11) is 0. The molecule has 2 rings (SSSR count). The molecular formula is C15H21NO2. The van der Waals surface area contributed by atoms with Crippen LogP contribution in [0.1, 0.15) is 54.7 Å². The van der Waals surface area contributed by atoms with Gasteiger partial charge in [0.2, 0.25) is 5.91 Å². The van der Waals surface area contributed by atoms with E-state index in [1.807, 2.05) is 19.1 Å². The van der Waals surface area contributed by atoms with Gasteiger partial charge in [-0.25, -0.2) is 0 Å². The minimum atomic E-state index is -0.399. The third-order valence-electron chi connectivity index (χ3n) is 3.90. The molecule has 0 saturated heterocycles. The lowest BCUT2D eigenvalue weighted by Crippen LogP contribution is -2.15. The monoisotopic (exact) mass is 247 g/mol. The van der Waals surface area contributed by atoms with Gasteiger partial charge in [-0.3, -0.25) is 4.79 Å². The van der Waals surface area contributed by atoms with E-state index < -0.39 is 5.91 Å². The van der Waals surface area contributed by atoms with Crippen molar-refractivity contribution >= 4 is 5.91 Å². The summed E-state index contributed by atoms with van der Waals surface area (Å²) in [5.74, 6) is 0.330. The second kappa shape index (κ2) is 5.42. The summed E-state index contributed by atoms with van der Waals surface area (Å²) in [6, 6.07) is 3.80. The number of amides is 1. The molecule has 0 aromatic heterocycles. The van der Waals surface area contributed by atoms with Crippen LogP contribution in [0.3, 0.4) is 0 Å². The van der Waals surface area contributed by atoms with Crippen LogP contribution in [0.5, 0.6) is 5.75 Å². The maximum atomic E-state index is 11.0. The Labute approximate surface area is 108 Å². The second-order valence-electron chi connectivity index (χ2n) is 5.28. The van der Waals surface area contributed by atoms with Crippen LogP contribution >= 0.6 is 0 Å². The van der Waals surface area contributed by atoms with Crippen molar-refractivity contribution in [1.82, 2.24) is 0 Å². The number of aryl methyl sites for hydroxylation is 1. The summed E-state index contributed by atoms with van der Waals surface area (Å²) < 4.78 is 0. The molecule has 98 valence electrons. The molecule has 0 unspecified atom stereocenters. The highest BCUT2D eigenvalue weighted by Crippen LogP contribution is 2.40. The van der Waals surface area contributed by atoms with Gasteiger partial charge in [0, 0.05) is 11.1 Å². The van der Waals surface area contributed by atoms with E-state index in [1.54, 1.807) is 0 Å². The van der Waals surface area contributed by atoms with E-state index in [-0.39, 0.29) is 6.42 Å². The highest BCUT2D eigenvalue weighted by Gasteiger charge is 2.22. The molecule has 0 aliphatic heterocycles. The minimum absolute atomic E-state index is 0.117. The van der Waals surface area contributed by atoms with E-state index in [9.17, 15) is 9.90 Å². The van der Waals surface area contributed by atoms with Crippen molar-refractivity contribution < 1.29 is 9.90 Å². The maximum absolute atomic E-state index is 11.0. The molecule has 0 spiro atoms. The van der Waals surface area contributed by atoms with E-state index in [0.717, 1.165) is 24.0 Å². The Kier molecular flexibility index (Phi) is 3.90. The topological polar surface area (TPSA) is 63.3 Å². The van der Waals surface area contributed by atoms with Crippen LogP contribution in [0.15, 0.2) is 12.1 Å². The summed E-state index contributed by atoms with van der Waals surface area (Å²) >= 11 is 0. The Morgan fingerprint density at radius 1 is 1.33 bits per heavy atom. The number of primary amides is 1. The average Bonchev–Trinajstić information content (AvgIpc) is 2.34. The van der Waals surface area contributed by atoms with Gasteiger partial charge in [0.25, 0.3) is 0 Å². The lowest BCUT2D eigenvalue weighted by atomic mass is 9.81. The van der Waals surface area contributed by atoms with Crippen LogP contribution in [0.4, 0.5) is 0 Å².